The molecule has 1 aromatic carbocycles. The molecule has 0 spiro atoms. The molecule has 0 saturated heterocycles. The maximum atomic E-state index is 11.6. The summed E-state index contributed by atoms with van der Waals surface area (Å²) >= 11 is 0. The number of hydrogen-bond donors (Lipinski definition) is 2. The zero-order valence-corrected chi connectivity index (χ0v) is 10.2. The second kappa shape index (κ2) is 5.26. The molecule has 1 aromatic rings. The largest absolute Gasteiger partial charge is 0.478 e. The van der Waals surface area contributed by atoms with Gasteiger partial charge in [0.05, 0.1) is 17.1 Å². The third-order valence-electron chi connectivity index (χ3n) is 2.06. The smallest absolute Gasteiger partial charge is 0.335 e. The Morgan fingerprint density at radius 2 is 2.12 bits per heavy atom. The molecular formula is C10H13NO5S. The predicted octanol–water partition coefficient (Wildman–Crippen LogP) is 0.923. The van der Waals surface area contributed by atoms with Crippen molar-refractivity contribution < 1.29 is 23.2 Å². The molecule has 0 unspecified atom stereocenters. The van der Waals surface area contributed by atoms with Crippen molar-refractivity contribution in [3.63, 3.8) is 0 Å². The number of carboxylic acids is 1. The maximum Gasteiger partial charge on any atom is 0.335 e. The first-order chi connectivity index (χ1) is 7.88. The van der Waals surface area contributed by atoms with E-state index in [1.165, 1.54) is 12.1 Å². The van der Waals surface area contributed by atoms with Crippen molar-refractivity contribution in [1.82, 2.24) is 4.89 Å². The molecule has 0 fully saturated rings. The molecule has 0 aliphatic heterocycles. The van der Waals surface area contributed by atoms with E-state index in [0.29, 0.717) is 5.56 Å². The standard InChI is InChI=1S/C10H13NO5S/c1-3-16-11-17(14,15)8-5-4-7(2)9(6-8)10(12)13/h4-6,11H,3H2,1-2H3,(H,12,13). The first-order valence-electron chi connectivity index (χ1n) is 4.86. The number of carboxylic acid groups (broad SMARTS) is 1. The van der Waals surface area contributed by atoms with E-state index in [2.05, 4.69) is 4.84 Å². The highest BCUT2D eigenvalue weighted by molar-refractivity contribution is 7.89. The van der Waals surface area contributed by atoms with Gasteiger partial charge in [-0.3, -0.25) is 4.84 Å². The van der Waals surface area contributed by atoms with Crippen LogP contribution < -0.4 is 4.89 Å². The molecule has 0 bridgehead atoms. The Labute approximate surface area is 99.2 Å². The predicted molar refractivity (Wildman–Crippen MR) is 60.1 cm³/mol. The number of sulfonamides is 1. The topological polar surface area (TPSA) is 92.7 Å². The Morgan fingerprint density at radius 1 is 1.47 bits per heavy atom. The van der Waals surface area contributed by atoms with E-state index in [1.54, 1.807) is 13.8 Å². The van der Waals surface area contributed by atoms with Crippen molar-refractivity contribution in [3.05, 3.63) is 29.3 Å². The van der Waals surface area contributed by atoms with E-state index in [-0.39, 0.29) is 17.1 Å². The van der Waals surface area contributed by atoms with Crippen molar-refractivity contribution in [2.45, 2.75) is 18.7 Å². The third-order valence-corrected chi connectivity index (χ3v) is 3.27. The summed E-state index contributed by atoms with van der Waals surface area (Å²) in [5.74, 6) is -1.17. The summed E-state index contributed by atoms with van der Waals surface area (Å²) in [5.41, 5.74) is 0.442. The molecule has 2 N–H and O–H groups in total. The highest BCUT2D eigenvalue weighted by Crippen LogP contribution is 2.15. The van der Waals surface area contributed by atoms with Crippen LogP contribution in [0, 0.1) is 6.92 Å². The molecule has 17 heavy (non-hydrogen) atoms. The average Bonchev–Trinajstić information content (AvgIpc) is 2.26. The summed E-state index contributed by atoms with van der Waals surface area (Å²) in [5, 5.41) is 8.89. The molecule has 0 atom stereocenters. The molecule has 0 radical (unpaired) electrons. The van der Waals surface area contributed by atoms with E-state index in [0.717, 1.165) is 6.07 Å². The van der Waals surface area contributed by atoms with Crippen LogP contribution in [-0.2, 0) is 14.9 Å². The van der Waals surface area contributed by atoms with Gasteiger partial charge in [-0.15, -0.1) is 0 Å². The van der Waals surface area contributed by atoms with Gasteiger partial charge in [-0.25, -0.2) is 13.2 Å². The van der Waals surface area contributed by atoms with E-state index in [4.69, 9.17) is 5.11 Å². The van der Waals surface area contributed by atoms with Crippen LogP contribution in [0.3, 0.4) is 0 Å². The van der Waals surface area contributed by atoms with Gasteiger partial charge in [0.1, 0.15) is 0 Å². The summed E-state index contributed by atoms with van der Waals surface area (Å²) in [6, 6.07) is 3.85. The van der Waals surface area contributed by atoms with Gasteiger partial charge in [0.15, 0.2) is 0 Å². The lowest BCUT2D eigenvalue weighted by Gasteiger charge is -2.07. The molecule has 7 heteroatoms. The number of benzene rings is 1. The zero-order valence-electron chi connectivity index (χ0n) is 9.43. The van der Waals surface area contributed by atoms with Gasteiger partial charge < -0.3 is 5.11 Å². The molecule has 6 nitrogen and oxygen atoms in total. The Morgan fingerprint density at radius 3 is 2.65 bits per heavy atom. The molecular weight excluding hydrogens is 246 g/mol. The van der Waals surface area contributed by atoms with Crippen LogP contribution in [0.25, 0.3) is 0 Å². The van der Waals surface area contributed by atoms with Gasteiger partial charge in [-0.1, -0.05) is 11.0 Å². The summed E-state index contributed by atoms with van der Waals surface area (Å²) in [6.07, 6.45) is 0. The average molecular weight is 259 g/mol. The van der Waals surface area contributed by atoms with Crippen LogP contribution in [0.2, 0.25) is 0 Å². The number of hydrogen-bond acceptors (Lipinski definition) is 4. The highest BCUT2D eigenvalue weighted by atomic mass is 32.2. The van der Waals surface area contributed by atoms with Gasteiger partial charge in [0.2, 0.25) is 0 Å². The number of rotatable bonds is 5. The summed E-state index contributed by atoms with van der Waals surface area (Å²) in [4.78, 5) is 17.2. The lowest BCUT2D eigenvalue weighted by atomic mass is 10.1. The van der Waals surface area contributed by atoms with Gasteiger partial charge in [-0.05, 0) is 31.5 Å². The summed E-state index contributed by atoms with van der Waals surface area (Å²) < 4.78 is 23.3. The van der Waals surface area contributed by atoms with Crippen molar-refractivity contribution in [2.75, 3.05) is 6.61 Å². The zero-order chi connectivity index (χ0) is 13.1. The van der Waals surface area contributed by atoms with E-state index in [1.807, 2.05) is 4.89 Å². The van der Waals surface area contributed by atoms with Crippen molar-refractivity contribution >= 4 is 16.0 Å². The molecule has 0 aromatic heterocycles. The molecule has 1 rings (SSSR count). The molecule has 0 saturated carbocycles. The van der Waals surface area contributed by atoms with Crippen molar-refractivity contribution in [2.24, 2.45) is 0 Å². The maximum absolute atomic E-state index is 11.6. The van der Waals surface area contributed by atoms with Crippen molar-refractivity contribution in [1.29, 1.82) is 0 Å². The second-order valence-electron chi connectivity index (χ2n) is 3.30. The Hall–Kier alpha value is -1.44. The van der Waals surface area contributed by atoms with Crippen molar-refractivity contribution in [3.8, 4) is 0 Å². The van der Waals surface area contributed by atoms with Crippen LogP contribution in [-0.4, -0.2) is 26.1 Å². The minimum atomic E-state index is -3.83. The van der Waals surface area contributed by atoms with E-state index >= 15 is 0 Å². The number of aryl methyl sites for hydroxylation is 1. The SMILES string of the molecule is CCONS(=O)(=O)c1ccc(C)c(C(=O)O)c1. The summed E-state index contributed by atoms with van der Waals surface area (Å²) in [7, 11) is -3.83. The fourth-order valence-corrected chi connectivity index (χ4v) is 2.07. The molecule has 0 aliphatic carbocycles. The summed E-state index contributed by atoms with van der Waals surface area (Å²) in [6.45, 7) is 3.40. The van der Waals surface area contributed by atoms with Crippen LogP contribution in [0.15, 0.2) is 23.1 Å². The minimum absolute atomic E-state index is 0.0515. The van der Waals surface area contributed by atoms with E-state index < -0.39 is 16.0 Å². The molecule has 0 amide bonds. The Bertz CT molecular complexity index is 523. The van der Waals surface area contributed by atoms with Gasteiger partial charge >= 0.3 is 5.97 Å². The van der Waals surface area contributed by atoms with Crippen LogP contribution in [0.4, 0.5) is 0 Å². The minimum Gasteiger partial charge on any atom is -0.478 e. The lowest BCUT2D eigenvalue weighted by molar-refractivity contribution is 0.0695. The second-order valence-corrected chi connectivity index (χ2v) is 4.95. The molecule has 0 aliphatic rings. The number of aromatic carboxylic acids is 1. The Kier molecular flexibility index (Phi) is 4.22. The highest BCUT2D eigenvalue weighted by Gasteiger charge is 2.17. The van der Waals surface area contributed by atoms with E-state index in [9.17, 15) is 13.2 Å². The van der Waals surface area contributed by atoms with Crippen LogP contribution in [0.5, 0.6) is 0 Å². The fourth-order valence-electron chi connectivity index (χ4n) is 1.18. The number of carbonyl (C=O) groups is 1. The monoisotopic (exact) mass is 259 g/mol. The van der Waals surface area contributed by atoms with Gasteiger partial charge in [0, 0.05) is 0 Å². The third kappa shape index (κ3) is 3.26. The molecule has 0 heterocycles. The quantitative estimate of drug-likeness (QED) is 0.767. The fraction of sp³-hybridized carbons (Fsp3) is 0.300. The first kappa shape index (κ1) is 13.6. The normalized spacial score (nSPS) is 11.4. The first-order valence-corrected chi connectivity index (χ1v) is 6.34. The Balaban J connectivity index is 3.16. The van der Waals surface area contributed by atoms with Gasteiger partial charge in [-0.2, -0.15) is 0 Å². The number of nitrogens with one attached hydrogen (secondary N) is 1. The van der Waals surface area contributed by atoms with Crippen LogP contribution in [0.1, 0.15) is 22.8 Å². The lowest BCUT2D eigenvalue weighted by Crippen LogP contribution is -2.24. The van der Waals surface area contributed by atoms with Gasteiger partial charge in [0.25, 0.3) is 10.0 Å². The molecule has 94 valence electrons. The van der Waals surface area contributed by atoms with Crippen LogP contribution >= 0.6 is 0 Å².